The number of amides is 1. The molecule has 5 nitrogen and oxygen atoms in total. The SMILES string of the molecule is Cn1nccc1-c1cscc1C(=O)NC(CN)c1ccccc1. The van der Waals surface area contributed by atoms with Gasteiger partial charge in [0.15, 0.2) is 0 Å². The first kappa shape index (κ1) is 15.5. The van der Waals surface area contributed by atoms with E-state index in [4.69, 9.17) is 5.73 Å². The molecule has 0 spiro atoms. The van der Waals surface area contributed by atoms with Crippen molar-refractivity contribution in [2.45, 2.75) is 6.04 Å². The highest BCUT2D eigenvalue weighted by molar-refractivity contribution is 7.08. The van der Waals surface area contributed by atoms with Crippen LogP contribution in [0.5, 0.6) is 0 Å². The number of nitrogens with zero attached hydrogens (tertiary/aromatic N) is 2. The molecule has 1 aromatic carbocycles. The van der Waals surface area contributed by atoms with Crippen molar-refractivity contribution in [3.05, 3.63) is 64.5 Å². The van der Waals surface area contributed by atoms with Crippen LogP contribution in [-0.2, 0) is 7.05 Å². The fraction of sp³-hybridized carbons (Fsp3) is 0.176. The third-order valence-electron chi connectivity index (χ3n) is 3.75. The zero-order valence-electron chi connectivity index (χ0n) is 12.8. The fourth-order valence-electron chi connectivity index (χ4n) is 2.51. The number of aromatic nitrogens is 2. The summed E-state index contributed by atoms with van der Waals surface area (Å²) in [4.78, 5) is 12.7. The van der Waals surface area contributed by atoms with Crippen LogP contribution in [0.3, 0.4) is 0 Å². The maximum atomic E-state index is 12.7. The molecule has 0 fully saturated rings. The fourth-order valence-corrected chi connectivity index (χ4v) is 3.33. The van der Waals surface area contributed by atoms with Crippen molar-refractivity contribution in [3.8, 4) is 11.3 Å². The summed E-state index contributed by atoms with van der Waals surface area (Å²) in [5.74, 6) is -0.123. The number of thiophene rings is 1. The van der Waals surface area contributed by atoms with E-state index in [1.165, 1.54) is 11.3 Å². The Morgan fingerprint density at radius 3 is 2.74 bits per heavy atom. The van der Waals surface area contributed by atoms with Crippen LogP contribution in [0.25, 0.3) is 11.3 Å². The first-order valence-corrected chi connectivity index (χ1v) is 8.25. The molecule has 3 aromatic rings. The molecule has 0 saturated heterocycles. The maximum Gasteiger partial charge on any atom is 0.253 e. The van der Waals surface area contributed by atoms with Crippen LogP contribution < -0.4 is 11.1 Å². The van der Waals surface area contributed by atoms with Crippen LogP contribution >= 0.6 is 11.3 Å². The van der Waals surface area contributed by atoms with E-state index in [9.17, 15) is 4.79 Å². The average molecular weight is 326 g/mol. The molecule has 1 atom stereocenters. The van der Waals surface area contributed by atoms with Gasteiger partial charge < -0.3 is 11.1 Å². The second-order valence-corrected chi connectivity index (χ2v) is 5.96. The van der Waals surface area contributed by atoms with Crippen molar-refractivity contribution in [3.63, 3.8) is 0 Å². The molecule has 1 amide bonds. The number of nitrogens with two attached hydrogens (primary N) is 1. The topological polar surface area (TPSA) is 72.9 Å². The van der Waals surface area contributed by atoms with Crippen LogP contribution in [0, 0.1) is 0 Å². The van der Waals surface area contributed by atoms with Gasteiger partial charge in [-0.25, -0.2) is 0 Å². The van der Waals surface area contributed by atoms with Gasteiger partial charge in [0.25, 0.3) is 5.91 Å². The Balaban J connectivity index is 1.85. The minimum Gasteiger partial charge on any atom is -0.344 e. The van der Waals surface area contributed by atoms with E-state index in [1.807, 2.05) is 54.2 Å². The van der Waals surface area contributed by atoms with Crippen LogP contribution in [0.4, 0.5) is 0 Å². The largest absolute Gasteiger partial charge is 0.344 e. The number of rotatable bonds is 5. The third kappa shape index (κ3) is 3.18. The summed E-state index contributed by atoms with van der Waals surface area (Å²) in [6.45, 7) is 0.348. The summed E-state index contributed by atoms with van der Waals surface area (Å²) < 4.78 is 1.76. The standard InChI is InChI=1S/C17H18N4OS/c1-21-16(7-8-19-21)13-10-23-11-14(13)17(22)20-15(9-18)12-5-3-2-4-6-12/h2-8,10-11,15H,9,18H2,1H3,(H,20,22). The molecule has 0 aliphatic heterocycles. The lowest BCUT2D eigenvalue weighted by Crippen LogP contribution is -2.33. The Bertz CT molecular complexity index is 794. The Labute approximate surface area is 138 Å². The Hall–Kier alpha value is -2.44. The van der Waals surface area contributed by atoms with Gasteiger partial charge in [-0.1, -0.05) is 30.3 Å². The quantitative estimate of drug-likeness (QED) is 0.757. The molecule has 0 aliphatic carbocycles. The van der Waals surface area contributed by atoms with Crippen LogP contribution in [0.15, 0.2) is 53.4 Å². The number of nitrogens with one attached hydrogen (secondary N) is 1. The first-order valence-electron chi connectivity index (χ1n) is 7.31. The molecule has 2 heterocycles. The molecule has 3 rings (SSSR count). The summed E-state index contributed by atoms with van der Waals surface area (Å²) in [5, 5.41) is 11.0. The van der Waals surface area contributed by atoms with E-state index in [2.05, 4.69) is 10.4 Å². The number of benzene rings is 1. The van der Waals surface area contributed by atoms with Crippen molar-refractivity contribution in [2.75, 3.05) is 6.54 Å². The minimum absolute atomic E-state index is 0.123. The summed E-state index contributed by atoms with van der Waals surface area (Å²) in [7, 11) is 1.86. The van der Waals surface area contributed by atoms with Gasteiger partial charge >= 0.3 is 0 Å². The molecule has 6 heteroatoms. The zero-order chi connectivity index (χ0) is 16.2. The smallest absolute Gasteiger partial charge is 0.253 e. The van der Waals surface area contributed by atoms with E-state index in [-0.39, 0.29) is 11.9 Å². The molecule has 0 saturated carbocycles. The van der Waals surface area contributed by atoms with Crippen LogP contribution in [0.1, 0.15) is 22.0 Å². The molecular formula is C17H18N4OS. The molecule has 118 valence electrons. The highest BCUT2D eigenvalue weighted by atomic mass is 32.1. The summed E-state index contributed by atoms with van der Waals surface area (Å²) in [6, 6.07) is 11.4. The van der Waals surface area contributed by atoms with Gasteiger partial charge in [0.1, 0.15) is 0 Å². The predicted molar refractivity (Wildman–Crippen MR) is 92.2 cm³/mol. The van der Waals surface area contributed by atoms with E-state index < -0.39 is 0 Å². The van der Waals surface area contributed by atoms with Gasteiger partial charge in [0.2, 0.25) is 0 Å². The number of hydrogen-bond donors (Lipinski definition) is 2. The van der Waals surface area contributed by atoms with E-state index in [0.29, 0.717) is 12.1 Å². The second kappa shape index (κ2) is 6.76. The maximum absolute atomic E-state index is 12.7. The van der Waals surface area contributed by atoms with Crippen LogP contribution in [0.2, 0.25) is 0 Å². The van der Waals surface area contributed by atoms with Crippen molar-refractivity contribution in [2.24, 2.45) is 12.8 Å². The van der Waals surface area contributed by atoms with Crippen LogP contribution in [-0.4, -0.2) is 22.2 Å². The Morgan fingerprint density at radius 1 is 1.30 bits per heavy atom. The Morgan fingerprint density at radius 2 is 2.09 bits per heavy atom. The van der Waals surface area contributed by atoms with Gasteiger partial charge in [-0.15, -0.1) is 0 Å². The molecule has 0 aliphatic rings. The molecule has 2 aromatic heterocycles. The lowest BCUT2D eigenvalue weighted by Gasteiger charge is -2.17. The van der Waals surface area contributed by atoms with Crippen molar-refractivity contribution >= 4 is 17.2 Å². The highest BCUT2D eigenvalue weighted by Gasteiger charge is 2.19. The lowest BCUT2D eigenvalue weighted by atomic mass is 10.1. The van der Waals surface area contributed by atoms with Crippen molar-refractivity contribution in [1.29, 1.82) is 0 Å². The monoisotopic (exact) mass is 326 g/mol. The molecule has 23 heavy (non-hydrogen) atoms. The number of hydrogen-bond acceptors (Lipinski definition) is 4. The van der Waals surface area contributed by atoms with Gasteiger partial charge in [-0.05, 0) is 11.6 Å². The van der Waals surface area contributed by atoms with E-state index in [1.54, 1.807) is 10.9 Å². The average Bonchev–Trinajstić information content (AvgIpc) is 3.21. The van der Waals surface area contributed by atoms with Gasteiger partial charge in [-0.2, -0.15) is 16.4 Å². The van der Waals surface area contributed by atoms with E-state index in [0.717, 1.165) is 16.8 Å². The number of aryl methyl sites for hydroxylation is 1. The number of carbonyl (C=O) groups excluding carboxylic acids is 1. The lowest BCUT2D eigenvalue weighted by molar-refractivity contribution is 0.0939. The minimum atomic E-state index is -0.206. The number of carbonyl (C=O) groups is 1. The first-order chi connectivity index (χ1) is 11.2. The van der Waals surface area contributed by atoms with E-state index >= 15 is 0 Å². The van der Waals surface area contributed by atoms with Crippen molar-refractivity contribution < 1.29 is 4.79 Å². The van der Waals surface area contributed by atoms with Gasteiger partial charge in [-0.3, -0.25) is 9.48 Å². The normalized spacial score (nSPS) is 12.1. The molecular weight excluding hydrogens is 308 g/mol. The third-order valence-corrected chi connectivity index (χ3v) is 4.49. The molecule has 0 radical (unpaired) electrons. The van der Waals surface area contributed by atoms with Gasteiger partial charge in [0.05, 0.1) is 17.3 Å². The van der Waals surface area contributed by atoms with Gasteiger partial charge in [0, 0.05) is 36.1 Å². The zero-order valence-corrected chi connectivity index (χ0v) is 13.6. The predicted octanol–water partition coefficient (Wildman–Crippen LogP) is 2.58. The summed E-state index contributed by atoms with van der Waals surface area (Å²) in [6.07, 6.45) is 1.72. The summed E-state index contributed by atoms with van der Waals surface area (Å²) in [5.41, 5.74) is 9.29. The molecule has 1 unspecified atom stereocenters. The molecule has 3 N–H and O–H groups in total. The van der Waals surface area contributed by atoms with Crippen molar-refractivity contribution in [1.82, 2.24) is 15.1 Å². The molecule has 0 bridgehead atoms. The highest BCUT2D eigenvalue weighted by Crippen LogP contribution is 2.27. The Kier molecular flexibility index (Phi) is 4.55. The summed E-state index contributed by atoms with van der Waals surface area (Å²) >= 11 is 1.50. The second-order valence-electron chi connectivity index (χ2n) is 5.21.